The molecule has 2 heterocycles. The van der Waals surface area contributed by atoms with E-state index in [1.807, 2.05) is 42.4 Å². The van der Waals surface area contributed by atoms with Crippen molar-refractivity contribution in [2.75, 3.05) is 44.7 Å². The summed E-state index contributed by atoms with van der Waals surface area (Å²) in [6, 6.07) is 7.61. The molecule has 1 aromatic carbocycles. The number of amides is 1. The van der Waals surface area contributed by atoms with Crippen molar-refractivity contribution >= 4 is 29.2 Å². The number of halogens is 1. The van der Waals surface area contributed by atoms with Crippen molar-refractivity contribution in [3.63, 3.8) is 0 Å². The van der Waals surface area contributed by atoms with Gasteiger partial charge in [-0.15, -0.1) is 0 Å². The summed E-state index contributed by atoms with van der Waals surface area (Å²) in [5.41, 5.74) is 1.86. The summed E-state index contributed by atoms with van der Waals surface area (Å²) in [6.45, 7) is 3.20. The van der Waals surface area contributed by atoms with Gasteiger partial charge in [0, 0.05) is 44.9 Å². The first-order valence-electron chi connectivity index (χ1n) is 9.13. The van der Waals surface area contributed by atoms with E-state index in [0.29, 0.717) is 43.8 Å². The van der Waals surface area contributed by atoms with Gasteiger partial charge in [0.05, 0.1) is 25.1 Å². The highest BCUT2D eigenvalue weighted by Crippen LogP contribution is 2.16. The second-order valence-corrected chi connectivity index (χ2v) is 6.93. The zero-order valence-corrected chi connectivity index (χ0v) is 16.9. The summed E-state index contributed by atoms with van der Waals surface area (Å²) in [4.78, 5) is 20.5. The summed E-state index contributed by atoms with van der Waals surface area (Å²) in [5.74, 6) is 0.727. The number of aromatic nitrogens is 2. The third kappa shape index (κ3) is 5.24. The summed E-state index contributed by atoms with van der Waals surface area (Å²) in [7, 11) is 3.55. The number of ether oxygens (including phenoxy) is 1. The molecule has 1 aliphatic heterocycles. The number of carbonyl (C=O) groups excluding carboxylic acids is 1. The molecule has 0 aliphatic carbocycles. The topological polar surface area (TPSA) is 75.0 Å². The van der Waals surface area contributed by atoms with E-state index in [1.165, 1.54) is 0 Å². The van der Waals surface area contributed by atoms with Crippen LogP contribution in [-0.2, 0) is 23.2 Å². The van der Waals surface area contributed by atoms with E-state index in [2.05, 4.69) is 15.4 Å². The normalized spacial score (nSPS) is 15.2. The predicted octanol–water partition coefficient (Wildman–Crippen LogP) is 1.51. The molecule has 1 N–H and O–H groups in total. The molecule has 0 atom stereocenters. The molecule has 0 spiro atoms. The molecule has 1 aliphatic rings. The number of aliphatic imine (C=N–C) groups is 1. The lowest BCUT2D eigenvalue weighted by Crippen LogP contribution is -2.55. The van der Waals surface area contributed by atoms with Crippen LogP contribution in [0.3, 0.4) is 0 Å². The molecule has 1 aromatic heterocycles. The predicted molar refractivity (Wildman–Crippen MR) is 110 cm³/mol. The van der Waals surface area contributed by atoms with Crippen molar-refractivity contribution in [3.8, 4) is 0 Å². The average molecular weight is 405 g/mol. The Hall–Kier alpha value is -2.58. The fourth-order valence-electron chi connectivity index (χ4n) is 3.06. The monoisotopic (exact) mass is 404 g/mol. The fourth-order valence-corrected chi connectivity index (χ4v) is 3.27. The molecule has 1 amide bonds. The number of aryl methyl sites for hydroxylation is 1. The van der Waals surface area contributed by atoms with Crippen molar-refractivity contribution < 1.29 is 9.53 Å². The summed E-state index contributed by atoms with van der Waals surface area (Å²) < 4.78 is 7.37. The molecule has 0 unspecified atom stereocenters. The minimum absolute atomic E-state index is 0.0272. The van der Waals surface area contributed by atoms with Crippen LogP contribution in [0.5, 0.6) is 0 Å². The average Bonchev–Trinajstić information content (AvgIpc) is 3.10. The first kappa shape index (κ1) is 20.2. The third-order valence-electron chi connectivity index (χ3n) is 4.42. The van der Waals surface area contributed by atoms with Crippen LogP contribution in [-0.4, -0.2) is 66.4 Å². The second kappa shape index (κ2) is 9.57. The van der Waals surface area contributed by atoms with Gasteiger partial charge in [-0.2, -0.15) is 5.10 Å². The maximum absolute atomic E-state index is 12.5. The molecular weight excluding hydrogens is 380 g/mol. The van der Waals surface area contributed by atoms with Crippen molar-refractivity contribution in [2.45, 2.75) is 6.61 Å². The Kier molecular flexibility index (Phi) is 6.89. The van der Waals surface area contributed by atoms with Gasteiger partial charge in [-0.05, 0) is 17.7 Å². The van der Waals surface area contributed by atoms with Crippen molar-refractivity contribution in [2.24, 2.45) is 12.0 Å². The van der Waals surface area contributed by atoms with Gasteiger partial charge in [0.25, 0.3) is 0 Å². The molecule has 8 nitrogen and oxygen atoms in total. The largest absolute Gasteiger partial charge is 0.375 e. The Bertz CT molecular complexity index is 837. The molecule has 0 radical (unpaired) electrons. The number of hydrogen-bond acceptors (Lipinski definition) is 4. The third-order valence-corrected chi connectivity index (χ3v) is 4.66. The number of hydrogen-bond donors (Lipinski definition) is 1. The summed E-state index contributed by atoms with van der Waals surface area (Å²) in [6.07, 6.45) is 3.55. The molecule has 150 valence electrons. The molecule has 9 heteroatoms. The number of guanidine groups is 1. The lowest BCUT2D eigenvalue weighted by Gasteiger charge is -2.35. The Balaban J connectivity index is 1.42. The molecule has 28 heavy (non-hydrogen) atoms. The first-order valence-corrected chi connectivity index (χ1v) is 9.51. The maximum atomic E-state index is 12.5. The van der Waals surface area contributed by atoms with Gasteiger partial charge < -0.3 is 19.9 Å². The maximum Gasteiger partial charge on any atom is 0.246 e. The van der Waals surface area contributed by atoms with Crippen LogP contribution in [0.25, 0.3) is 0 Å². The lowest BCUT2D eigenvalue weighted by molar-refractivity contribution is -0.120. The van der Waals surface area contributed by atoms with E-state index < -0.39 is 0 Å². The van der Waals surface area contributed by atoms with Crippen molar-refractivity contribution in [1.29, 1.82) is 0 Å². The molecule has 3 rings (SSSR count). The molecule has 0 saturated carbocycles. The lowest BCUT2D eigenvalue weighted by atomic mass is 10.2. The van der Waals surface area contributed by atoms with Crippen LogP contribution in [0.2, 0.25) is 5.02 Å². The van der Waals surface area contributed by atoms with E-state index in [4.69, 9.17) is 16.3 Å². The fraction of sp³-hybridized carbons (Fsp3) is 0.421. The Morgan fingerprint density at radius 2 is 2.25 bits per heavy atom. The minimum atomic E-state index is 0.0272. The van der Waals surface area contributed by atoms with Gasteiger partial charge in [-0.1, -0.05) is 23.7 Å². The highest BCUT2D eigenvalue weighted by atomic mass is 35.5. The summed E-state index contributed by atoms with van der Waals surface area (Å²) >= 11 is 5.97. The van der Waals surface area contributed by atoms with Crippen LogP contribution in [0.15, 0.2) is 41.7 Å². The van der Waals surface area contributed by atoms with Gasteiger partial charge in [0.2, 0.25) is 5.91 Å². The Morgan fingerprint density at radius 1 is 1.39 bits per heavy atom. The van der Waals surface area contributed by atoms with Gasteiger partial charge in [-0.25, -0.2) is 0 Å². The standard InChI is InChI=1S/C19H25ClN6O2/c1-21-19(22-6-9-28-14-15-4-3-5-16(20)10-15)25-7-8-26(18(27)13-25)17-11-23-24(2)12-17/h3-5,10-12H,6-9,13-14H2,1-2H3,(H,21,22). The quantitative estimate of drug-likeness (QED) is 0.449. The highest BCUT2D eigenvalue weighted by Gasteiger charge is 2.27. The second-order valence-electron chi connectivity index (χ2n) is 6.50. The van der Waals surface area contributed by atoms with Gasteiger partial charge in [-0.3, -0.25) is 14.5 Å². The number of nitrogens with zero attached hydrogens (tertiary/aromatic N) is 5. The molecular formula is C19H25ClN6O2. The number of piperazine rings is 1. The van der Waals surface area contributed by atoms with E-state index >= 15 is 0 Å². The summed E-state index contributed by atoms with van der Waals surface area (Å²) in [5, 5.41) is 8.09. The van der Waals surface area contributed by atoms with Crippen molar-refractivity contribution in [1.82, 2.24) is 20.0 Å². The number of rotatable bonds is 6. The van der Waals surface area contributed by atoms with Crippen LogP contribution in [0.1, 0.15) is 5.56 Å². The van der Waals surface area contributed by atoms with E-state index in [0.717, 1.165) is 11.3 Å². The molecule has 0 bridgehead atoms. The van der Waals surface area contributed by atoms with Gasteiger partial charge >= 0.3 is 0 Å². The molecule has 1 fully saturated rings. The Labute approximate surface area is 169 Å². The SMILES string of the molecule is CN=C(NCCOCc1cccc(Cl)c1)N1CCN(c2cnn(C)c2)C(=O)C1. The molecule has 1 saturated heterocycles. The smallest absolute Gasteiger partial charge is 0.246 e. The Morgan fingerprint density at radius 3 is 2.93 bits per heavy atom. The van der Waals surface area contributed by atoms with E-state index in [9.17, 15) is 4.79 Å². The van der Waals surface area contributed by atoms with Crippen molar-refractivity contribution in [3.05, 3.63) is 47.2 Å². The number of benzene rings is 1. The minimum Gasteiger partial charge on any atom is -0.375 e. The van der Waals surface area contributed by atoms with E-state index in [-0.39, 0.29) is 12.5 Å². The zero-order valence-electron chi connectivity index (χ0n) is 16.1. The van der Waals surface area contributed by atoms with Gasteiger partial charge in [0.1, 0.15) is 6.54 Å². The number of nitrogens with one attached hydrogen (secondary N) is 1. The number of anilines is 1. The molecule has 2 aromatic rings. The van der Waals surface area contributed by atoms with Crippen LogP contribution >= 0.6 is 11.6 Å². The number of carbonyl (C=O) groups is 1. The van der Waals surface area contributed by atoms with Crippen LogP contribution in [0.4, 0.5) is 5.69 Å². The first-order chi connectivity index (χ1) is 13.6. The van der Waals surface area contributed by atoms with Gasteiger partial charge in [0.15, 0.2) is 5.96 Å². The highest BCUT2D eigenvalue weighted by molar-refractivity contribution is 6.30. The van der Waals surface area contributed by atoms with E-state index in [1.54, 1.807) is 22.8 Å². The zero-order chi connectivity index (χ0) is 19.9. The van der Waals surface area contributed by atoms with Crippen LogP contribution in [0, 0.1) is 0 Å². The van der Waals surface area contributed by atoms with Crippen LogP contribution < -0.4 is 10.2 Å².